The lowest BCUT2D eigenvalue weighted by Crippen LogP contribution is -2.34. The second kappa shape index (κ2) is 13.1. The minimum atomic E-state index is -0.579. The van der Waals surface area contributed by atoms with Crippen LogP contribution in [0.15, 0.2) is 54.6 Å². The summed E-state index contributed by atoms with van der Waals surface area (Å²) in [4.78, 5) is 35.6. The number of nitrogens with one attached hydrogen (secondary N) is 3. The fraction of sp³-hybridized carbons (Fsp3) is 0.400. The fourth-order valence-corrected chi connectivity index (χ4v) is 2.75. The van der Waals surface area contributed by atoms with Crippen LogP contribution in [0.1, 0.15) is 45.6 Å². The Morgan fingerprint density at radius 1 is 0.848 bits per heavy atom. The third-order valence-electron chi connectivity index (χ3n) is 4.31. The van der Waals surface area contributed by atoms with Gasteiger partial charge in [0.05, 0.1) is 6.61 Å². The fourth-order valence-electron chi connectivity index (χ4n) is 2.75. The molecule has 0 saturated heterocycles. The molecule has 0 aliphatic carbocycles. The first-order chi connectivity index (χ1) is 15.7. The highest BCUT2D eigenvalue weighted by atomic mass is 16.6. The lowest BCUT2D eigenvalue weighted by atomic mass is 10.2. The van der Waals surface area contributed by atoms with E-state index in [0.717, 1.165) is 11.3 Å². The number of benzene rings is 2. The van der Waals surface area contributed by atoms with Crippen LogP contribution in [0.5, 0.6) is 5.75 Å². The summed E-state index contributed by atoms with van der Waals surface area (Å²) in [5.41, 5.74) is 0.989. The summed E-state index contributed by atoms with van der Waals surface area (Å²) in [7, 11) is 0. The van der Waals surface area contributed by atoms with Gasteiger partial charge in [-0.25, -0.2) is 4.79 Å². The number of para-hydroxylation sites is 1. The van der Waals surface area contributed by atoms with Gasteiger partial charge in [0.15, 0.2) is 0 Å². The van der Waals surface area contributed by atoms with Crippen LogP contribution in [-0.4, -0.2) is 36.7 Å². The molecule has 2 aromatic rings. The maximum Gasteiger partial charge on any atom is 0.407 e. The summed E-state index contributed by atoms with van der Waals surface area (Å²) in [5.74, 6) is 0.538. The summed E-state index contributed by atoms with van der Waals surface area (Å²) in [5, 5.41) is 8.20. The monoisotopic (exact) mass is 455 g/mol. The minimum absolute atomic E-state index is 0.0403. The van der Waals surface area contributed by atoms with E-state index < -0.39 is 11.7 Å². The zero-order valence-corrected chi connectivity index (χ0v) is 19.5. The van der Waals surface area contributed by atoms with Crippen LogP contribution in [-0.2, 0) is 20.9 Å². The van der Waals surface area contributed by atoms with Gasteiger partial charge >= 0.3 is 6.09 Å². The van der Waals surface area contributed by atoms with Gasteiger partial charge in [-0.05, 0) is 57.0 Å². The largest absolute Gasteiger partial charge is 0.494 e. The predicted octanol–water partition coefficient (Wildman–Crippen LogP) is 4.02. The van der Waals surface area contributed by atoms with E-state index in [-0.39, 0.29) is 24.8 Å². The first-order valence-electron chi connectivity index (χ1n) is 11.0. The van der Waals surface area contributed by atoms with Crippen LogP contribution in [0.2, 0.25) is 0 Å². The van der Waals surface area contributed by atoms with Crippen molar-refractivity contribution in [3.63, 3.8) is 0 Å². The molecule has 0 spiro atoms. The number of anilines is 1. The van der Waals surface area contributed by atoms with Gasteiger partial charge in [-0.1, -0.05) is 30.3 Å². The molecule has 0 aliphatic heterocycles. The van der Waals surface area contributed by atoms with Gasteiger partial charge in [0.25, 0.3) is 0 Å². The molecular weight excluding hydrogens is 422 g/mol. The maximum atomic E-state index is 12.0. The molecule has 2 aromatic carbocycles. The number of carbonyl (C=O) groups is 3. The molecule has 8 nitrogen and oxygen atoms in total. The Morgan fingerprint density at radius 2 is 1.55 bits per heavy atom. The van der Waals surface area contributed by atoms with Crippen LogP contribution in [0.4, 0.5) is 10.5 Å². The highest BCUT2D eigenvalue weighted by Gasteiger charge is 2.15. The van der Waals surface area contributed by atoms with Crippen molar-refractivity contribution in [3.05, 3.63) is 60.2 Å². The third kappa shape index (κ3) is 11.6. The van der Waals surface area contributed by atoms with Gasteiger partial charge in [-0.3, -0.25) is 9.59 Å². The van der Waals surface area contributed by atoms with Crippen LogP contribution in [0, 0.1) is 0 Å². The van der Waals surface area contributed by atoms with Crippen LogP contribution >= 0.6 is 0 Å². The van der Waals surface area contributed by atoms with Crippen molar-refractivity contribution in [2.24, 2.45) is 0 Å². The van der Waals surface area contributed by atoms with Gasteiger partial charge in [-0.2, -0.15) is 0 Å². The maximum absolute atomic E-state index is 12.0. The van der Waals surface area contributed by atoms with Crippen molar-refractivity contribution in [2.45, 2.75) is 52.2 Å². The molecule has 0 fully saturated rings. The molecule has 2 rings (SSSR count). The van der Waals surface area contributed by atoms with E-state index in [4.69, 9.17) is 9.47 Å². The number of amides is 3. The van der Waals surface area contributed by atoms with Gasteiger partial charge in [0.1, 0.15) is 11.4 Å². The van der Waals surface area contributed by atoms with E-state index in [1.54, 1.807) is 32.9 Å². The molecule has 0 aliphatic rings. The molecule has 33 heavy (non-hydrogen) atoms. The molecular formula is C25H33N3O5. The number of hydrogen-bond donors (Lipinski definition) is 3. The van der Waals surface area contributed by atoms with Crippen molar-refractivity contribution >= 4 is 23.6 Å². The predicted molar refractivity (Wildman–Crippen MR) is 127 cm³/mol. The van der Waals surface area contributed by atoms with E-state index in [2.05, 4.69) is 16.0 Å². The highest BCUT2D eigenvalue weighted by molar-refractivity contribution is 5.91. The number of hydrogen-bond acceptors (Lipinski definition) is 5. The third-order valence-corrected chi connectivity index (χ3v) is 4.31. The second-order valence-electron chi connectivity index (χ2n) is 8.47. The molecule has 0 unspecified atom stereocenters. The zero-order valence-electron chi connectivity index (χ0n) is 19.5. The molecule has 8 heteroatoms. The minimum Gasteiger partial charge on any atom is -0.494 e. The van der Waals surface area contributed by atoms with Gasteiger partial charge < -0.3 is 25.4 Å². The average Bonchev–Trinajstić information content (AvgIpc) is 2.76. The second-order valence-corrected chi connectivity index (χ2v) is 8.47. The molecule has 0 heterocycles. The van der Waals surface area contributed by atoms with E-state index in [0.29, 0.717) is 31.7 Å². The first-order valence-corrected chi connectivity index (χ1v) is 11.0. The molecule has 0 bridgehead atoms. The smallest absolute Gasteiger partial charge is 0.407 e. The number of carbonyl (C=O) groups excluding carboxylic acids is 3. The van der Waals surface area contributed by atoms with E-state index in [9.17, 15) is 14.4 Å². The van der Waals surface area contributed by atoms with E-state index in [1.165, 1.54) is 0 Å². The summed E-state index contributed by atoms with van der Waals surface area (Å²) in [6.07, 6.45) is 0.600. The van der Waals surface area contributed by atoms with Gasteiger partial charge in [0.2, 0.25) is 11.8 Å². The van der Waals surface area contributed by atoms with Crippen molar-refractivity contribution in [2.75, 3.05) is 18.5 Å². The normalized spacial score (nSPS) is 10.8. The molecule has 0 radical (unpaired) electrons. The Balaban J connectivity index is 1.60. The van der Waals surface area contributed by atoms with Crippen LogP contribution in [0.25, 0.3) is 0 Å². The number of rotatable bonds is 11. The molecule has 0 aromatic heterocycles. The zero-order chi connectivity index (χ0) is 24.1. The SMILES string of the molecule is CC(C)(C)OC(=O)NCCC(=O)Nc1ccc(CNC(=O)CCCOc2ccccc2)cc1. The lowest BCUT2D eigenvalue weighted by Gasteiger charge is -2.19. The summed E-state index contributed by atoms with van der Waals surface area (Å²) in [6, 6.07) is 16.7. The van der Waals surface area contributed by atoms with Crippen molar-refractivity contribution < 1.29 is 23.9 Å². The number of alkyl carbamates (subject to hydrolysis) is 1. The quantitative estimate of drug-likeness (QED) is 0.444. The Hall–Kier alpha value is -3.55. The van der Waals surface area contributed by atoms with Crippen molar-refractivity contribution in [1.82, 2.24) is 10.6 Å². The molecule has 3 amide bonds. The Labute approximate surface area is 195 Å². The van der Waals surface area contributed by atoms with Crippen molar-refractivity contribution in [1.29, 1.82) is 0 Å². The topological polar surface area (TPSA) is 106 Å². The first kappa shape index (κ1) is 25.7. The molecule has 178 valence electrons. The summed E-state index contributed by atoms with van der Waals surface area (Å²) < 4.78 is 10.7. The Morgan fingerprint density at radius 3 is 2.21 bits per heavy atom. The standard InChI is InChI=1S/C25H33N3O5/c1-25(2,3)33-24(31)26-16-15-23(30)28-20-13-11-19(12-14-20)18-27-22(29)10-7-17-32-21-8-5-4-6-9-21/h4-6,8-9,11-14H,7,10,15-18H2,1-3H3,(H,26,31)(H,27,29)(H,28,30). The number of ether oxygens (including phenoxy) is 2. The van der Waals surface area contributed by atoms with Crippen molar-refractivity contribution in [3.8, 4) is 5.75 Å². The average molecular weight is 456 g/mol. The van der Waals surface area contributed by atoms with Gasteiger partial charge in [-0.15, -0.1) is 0 Å². The summed E-state index contributed by atoms with van der Waals surface area (Å²) >= 11 is 0. The van der Waals surface area contributed by atoms with Crippen LogP contribution < -0.4 is 20.7 Å². The van der Waals surface area contributed by atoms with Gasteiger partial charge in [0, 0.05) is 31.6 Å². The molecule has 3 N–H and O–H groups in total. The van der Waals surface area contributed by atoms with E-state index >= 15 is 0 Å². The summed E-state index contributed by atoms with van der Waals surface area (Å²) in [6.45, 7) is 6.40. The van der Waals surface area contributed by atoms with E-state index in [1.807, 2.05) is 42.5 Å². The Kier molecular flexibility index (Phi) is 10.2. The highest BCUT2D eigenvalue weighted by Crippen LogP contribution is 2.11. The lowest BCUT2D eigenvalue weighted by molar-refractivity contribution is -0.121. The molecule has 0 atom stereocenters. The Bertz CT molecular complexity index is 893. The molecule has 0 saturated carbocycles. The van der Waals surface area contributed by atoms with Crippen LogP contribution in [0.3, 0.4) is 0 Å².